The van der Waals surface area contributed by atoms with E-state index in [1.165, 1.54) is 38.2 Å². The molecule has 0 aliphatic carbocycles. The molecule has 11 rings (SSSR count). The van der Waals surface area contributed by atoms with Crippen LogP contribution in [0.4, 0.5) is 17.1 Å². The number of para-hydroxylation sites is 3. The molecule has 2 heterocycles. The maximum atomic E-state index is 7.07. The number of nitrogens with zero attached hydrogens (tertiary/aromatic N) is 1. The minimum absolute atomic E-state index is 0.0392. The fourth-order valence-corrected chi connectivity index (χ4v) is 8.67. The molecule has 0 bridgehead atoms. The first-order chi connectivity index (χ1) is 26.8. The molecule has 0 atom stereocenters. The normalized spacial score (nSPS) is 12.3. The first-order valence-corrected chi connectivity index (χ1v) is 18.5. The molecule has 0 saturated heterocycles. The van der Waals surface area contributed by atoms with Crippen LogP contribution in [0.25, 0.3) is 43.8 Å². The lowest BCUT2D eigenvalue weighted by atomic mass is 9.35. The Morgan fingerprint density at radius 3 is 1.39 bits per heavy atom. The number of rotatable bonds is 5. The van der Waals surface area contributed by atoms with Gasteiger partial charge in [-0.25, -0.2) is 0 Å². The fraction of sp³-hybridized carbons (Fsp3) is 0. The van der Waals surface area contributed by atoms with Crippen molar-refractivity contribution in [1.82, 2.24) is 0 Å². The summed E-state index contributed by atoms with van der Waals surface area (Å²) in [5.41, 5.74) is 11.2. The van der Waals surface area contributed by atoms with Gasteiger partial charge < -0.3 is 14.4 Å². The third-order valence-corrected chi connectivity index (χ3v) is 10.9. The molecule has 0 radical (unpaired) electrons. The molecule has 0 spiro atoms. The van der Waals surface area contributed by atoms with Crippen molar-refractivity contribution < 1.29 is 9.47 Å². The van der Waals surface area contributed by atoms with E-state index in [1.54, 1.807) is 0 Å². The molecule has 3 nitrogen and oxygen atoms in total. The predicted molar refractivity (Wildman–Crippen MR) is 225 cm³/mol. The van der Waals surface area contributed by atoms with Crippen molar-refractivity contribution in [3.8, 4) is 45.3 Å². The molecule has 9 aromatic rings. The second kappa shape index (κ2) is 12.3. The van der Waals surface area contributed by atoms with Crippen molar-refractivity contribution >= 4 is 61.7 Å². The summed E-state index contributed by atoms with van der Waals surface area (Å²) in [7, 11) is 0. The molecule has 0 saturated carbocycles. The van der Waals surface area contributed by atoms with Crippen LogP contribution in [0.3, 0.4) is 0 Å². The fourth-order valence-electron chi connectivity index (χ4n) is 8.67. The van der Waals surface area contributed by atoms with Crippen molar-refractivity contribution in [1.29, 1.82) is 0 Å². The van der Waals surface area contributed by atoms with E-state index in [9.17, 15) is 0 Å². The number of hydrogen-bond acceptors (Lipinski definition) is 3. The Kier molecular flexibility index (Phi) is 6.96. The van der Waals surface area contributed by atoms with E-state index >= 15 is 0 Å². The zero-order valence-corrected chi connectivity index (χ0v) is 29.3. The lowest BCUT2D eigenvalue weighted by molar-refractivity contribution is 0.465. The Bertz CT molecular complexity index is 2800. The highest BCUT2D eigenvalue weighted by Crippen LogP contribution is 2.47. The van der Waals surface area contributed by atoms with Crippen LogP contribution in [0.1, 0.15) is 0 Å². The van der Waals surface area contributed by atoms with Gasteiger partial charge in [-0.15, -0.1) is 0 Å². The van der Waals surface area contributed by atoms with E-state index < -0.39 is 0 Å². The van der Waals surface area contributed by atoms with Crippen LogP contribution < -0.4 is 30.8 Å². The first-order valence-electron chi connectivity index (χ1n) is 18.5. The SMILES string of the molecule is c1ccc(-c2c3ccccc3c(-c3cc4c5c(c3)Oc3cc(N(c6ccccc6)c6ccccc6)ccc3B5c3ccccc3O4)c3ccccc23)cc1. The summed E-state index contributed by atoms with van der Waals surface area (Å²) in [6.07, 6.45) is 0. The Balaban J connectivity index is 1.14. The molecule has 0 unspecified atom stereocenters. The number of anilines is 3. The maximum Gasteiger partial charge on any atom is 0.260 e. The zero-order chi connectivity index (χ0) is 35.6. The standard InChI is InChI=1S/C50H32BNO2/c1-4-16-33(17-5-1)48-38-22-10-12-24-40(38)49(41-25-13-11-23-39(41)48)34-30-46-50-47(31-34)54-45-32-37(28-29-43(45)51(50)42-26-14-15-27-44(42)53-46)52(35-18-6-2-7-19-35)36-20-8-3-9-21-36/h1-32H. The molecule has 9 aromatic carbocycles. The molecular formula is C50H32BNO2. The molecule has 0 aromatic heterocycles. The van der Waals surface area contributed by atoms with Crippen LogP contribution in [0.5, 0.6) is 23.0 Å². The van der Waals surface area contributed by atoms with Crippen molar-refractivity contribution in [2.45, 2.75) is 0 Å². The molecule has 54 heavy (non-hydrogen) atoms. The van der Waals surface area contributed by atoms with E-state index in [2.05, 4.69) is 199 Å². The average molecular weight is 690 g/mol. The van der Waals surface area contributed by atoms with Gasteiger partial charge in [0.15, 0.2) is 0 Å². The van der Waals surface area contributed by atoms with Crippen LogP contribution >= 0.6 is 0 Å². The van der Waals surface area contributed by atoms with E-state index in [-0.39, 0.29) is 6.71 Å². The lowest BCUT2D eigenvalue weighted by Crippen LogP contribution is -2.57. The van der Waals surface area contributed by atoms with Gasteiger partial charge in [-0.3, -0.25) is 0 Å². The predicted octanol–water partition coefficient (Wildman–Crippen LogP) is 11.5. The van der Waals surface area contributed by atoms with Gasteiger partial charge >= 0.3 is 0 Å². The topological polar surface area (TPSA) is 21.7 Å². The van der Waals surface area contributed by atoms with Crippen molar-refractivity contribution in [3.63, 3.8) is 0 Å². The average Bonchev–Trinajstić information content (AvgIpc) is 3.23. The van der Waals surface area contributed by atoms with Crippen LogP contribution in [0.15, 0.2) is 194 Å². The minimum atomic E-state index is -0.0392. The van der Waals surface area contributed by atoms with Gasteiger partial charge in [-0.2, -0.15) is 0 Å². The highest BCUT2D eigenvalue weighted by Gasteiger charge is 2.41. The molecule has 2 aliphatic rings. The summed E-state index contributed by atoms with van der Waals surface area (Å²) in [4.78, 5) is 2.28. The van der Waals surface area contributed by atoms with Gasteiger partial charge in [0.2, 0.25) is 0 Å². The number of ether oxygens (including phenoxy) is 2. The summed E-state index contributed by atoms with van der Waals surface area (Å²) in [6, 6.07) is 68.8. The summed E-state index contributed by atoms with van der Waals surface area (Å²) < 4.78 is 13.9. The van der Waals surface area contributed by atoms with Crippen molar-refractivity contribution in [2.24, 2.45) is 0 Å². The highest BCUT2D eigenvalue weighted by atomic mass is 16.5. The van der Waals surface area contributed by atoms with Gasteiger partial charge in [-0.05, 0) is 103 Å². The second-order valence-corrected chi connectivity index (χ2v) is 14.0. The van der Waals surface area contributed by atoms with Gasteiger partial charge in [0.05, 0.1) is 0 Å². The minimum Gasteiger partial charge on any atom is -0.458 e. The van der Waals surface area contributed by atoms with Crippen LogP contribution in [0, 0.1) is 0 Å². The van der Waals surface area contributed by atoms with Crippen LogP contribution in [-0.2, 0) is 0 Å². The third-order valence-electron chi connectivity index (χ3n) is 10.9. The zero-order valence-electron chi connectivity index (χ0n) is 29.3. The maximum absolute atomic E-state index is 7.07. The first kappa shape index (κ1) is 30.6. The van der Waals surface area contributed by atoms with Crippen LogP contribution in [0.2, 0.25) is 0 Å². The molecule has 0 N–H and O–H groups in total. The Labute approximate surface area is 314 Å². The van der Waals surface area contributed by atoms with Crippen LogP contribution in [-0.4, -0.2) is 6.71 Å². The largest absolute Gasteiger partial charge is 0.458 e. The van der Waals surface area contributed by atoms with Crippen molar-refractivity contribution in [3.05, 3.63) is 194 Å². The molecular weight excluding hydrogens is 657 g/mol. The quantitative estimate of drug-likeness (QED) is 0.133. The summed E-state index contributed by atoms with van der Waals surface area (Å²) >= 11 is 0. The Hall–Kier alpha value is -7.04. The number of hydrogen-bond donors (Lipinski definition) is 0. The summed E-state index contributed by atoms with van der Waals surface area (Å²) in [6.45, 7) is -0.0392. The lowest BCUT2D eigenvalue weighted by Gasteiger charge is -2.34. The monoisotopic (exact) mass is 689 g/mol. The van der Waals surface area contributed by atoms with Crippen molar-refractivity contribution in [2.75, 3.05) is 4.90 Å². The van der Waals surface area contributed by atoms with E-state index in [0.29, 0.717) is 0 Å². The molecule has 0 fully saturated rings. The molecule has 4 heteroatoms. The van der Waals surface area contributed by atoms with Gasteiger partial charge in [-0.1, -0.05) is 140 Å². The van der Waals surface area contributed by atoms with Gasteiger partial charge in [0, 0.05) is 28.6 Å². The highest BCUT2D eigenvalue weighted by molar-refractivity contribution is 6.98. The molecule has 252 valence electrons. The number of benzene rings is 9. The second-order valence-electron chi connectivity index (χ2n) is 14.0. The molecule has 0 amide bonds. The van der Waals surface area contributed by atoms with Gasteiger partial charge in [0.25, 0.3) is 6.71 Å². The van der Waals surface area contributed by atoms with Gasteiger partial charge in [0.1, 0.15) is 23.0 Å². The third kappa shape index (κ3) is 4.77. The van der Waals surface area contributed by atoms with E-state index in [4.69, 9.17) is 9.47 Å². The summed E-state index contributed by atoms with van der Waals surface area (Å²) in [5.74, 6) is 3.37. The smallest absolute Gasteiger partial charge is 0.260 e. The summed E-state index contributed by atoms with van der Waals surface area (Å²) in [5, 5.41) is 4.81. The van der Waals surface area contributed by atoms with E-state index in [0.717, 1.165) is 62.0 Å². The Morgan fingerprint density at radius 1 is 0.333 bits per heavy atom. The molecule has 2 aliphatic heterocycles. The van der Waals surface area contributed by atoms with E-state index in [1.807, 2.05) is 0 Å². The number of fused-ring (bicyclic) bond motifs is 6. The Morgan fingerprint density at radius 2 is 0.796 bits per heavy atom.